The highest BCUT2D eigenvalue weighted by Crippen LogP contribution is 2.30. The first kappa shape index (κ1) is 13.3. The number of carbonyl (C=O) groups is 1. The van der Waals surface area contributed by atoms with Crippen molar-refractivity contribution in [1.29, 1.82) is 5.26 Å². The van der Waals surface area contributed by atoms with Crippen LogP contribution < -0.4 is 5.32 Å². The zero-order chi connectivity index (χ0) is 13.7. The van der Waals surface area contributed by atoms with Crippen LogP contribution in [0.4, 0.5) is 0 Å². The van der Waals surface area contributed by atoms with Gasteiger partial charge in [0.1, 0.15) is 0 Å². The van der Waals surface area contributed by atoms with Gasteiger partial charge < -0.3 is 10.4 Å². The van der Waals surface area contributed by atoms with Crippen LogP contribution in [-0.2, 0) is 4.79 Å². The van der Waals surface area contributed by atoms with Crippen LogP contribution in [-0.4, -0.2) is 23.2 Å². The Labute approximate surface area is 112 Å². The maximum Gasteiger partial charge on any atom is 0.244 e. The minimum Gasteiger partial charge on any atom is -0.388 e. The number of benzene rings is 1. The van der Waals surface area contributed by atoms with E-state index in [4.69, 9.17) is 5.26 Å². The van der Waals surface area contributed by atoms with Gasteiger partial charge in [0.15, 0.2) is 0 Å². The summed E-state index contributed by atoms with van der Waals surface area (Å²) in [5.74, 6) is -0.218. The van der Waals surface area contributed by atoms with E-state index in [0.29, 0.717) is 12.1 Å². The van der Waals surface area contributed by atoms with Crippen LogP contribution in [0.2, 0.25) is 0 Å². The molecule has 1 fully saturated rings. The van der Waals surface area contributed by atoms with Crippen LogP contribution in [0.15, 0.2) is 30.3 Å². The van der Waals surface area contributed by atoms with E-state index in [9.17, 15) is 9.90 Å². The molecule has 0 atom stereocenters. The second-order valence-corrected chi connectivity index (χ2v) is 4.86. The zero-order valence-electron chi connectivity index (χ0n) is 10.6. The van der Waals surface area contributed by atoms with Crippen molar-refractivity contribution in [1.82, 2.24) is 5.32 Å². The van der Waals surface area contributed by atoms with E-state index < -0.39 is 5.60 Å². The first-order valence-electron chi connectivity index (χ1n) is 6.30. The number of carbonyl (C=O) groups excluding carboxylic acids is 1. The number of nitrogens with one attached hydrogen (secondary N) is 1. The van der Waals surface area contributed by atoms with E-state index in [1.165, 1.54) is 6.08 Å². The van der Waals surface area contributed by atoms with Crippen LogP contribution >= 0.6 is 0 Å². The molecule has 0 saturated heterocycles. The summed E-state index contributed by atoms with van der Waals surface area (Å²) in [6.07, 6.45) is 5.65. The number of rotatable bonds is 4. The number of nitrogens with zero attached hydrogens (tertiary/aromatic N) is 1. The van der Waals surface area contributed by atoms with Crippen molar-refractivity contribution in [3.63, 3.8) is 0 Å². The summed E-state index contributed by atoms with van der Waals surface area (Å²) < 4.78 is 0. The molecule has 1 amide bonds. The SMILES string of the molecule is N#Cc1ccc(/C=C/C(=O)NCC2(O)CCC2)cc1. The predicted octanol–water partition coefficient (Wildman–Crippen LogP) is 1.60. The molecule has 1 aromatic carbocycles. The average molecular weight is 256 g/mol. The summed E-state index contributed by atoms with van der Waals surface area (Å²) >= 11 is 0. The molecule has 0 radical (unpaired) electrons. The summed E-state index contributed by atoms with van der Waals surface area (Å²) in [5.41, 5.74) is 0.753. The summed E-state index contributed by atoms with van der Waals surface area (Å²) in [6, 6.07) is 9.00. The number of nitriles is 1. The Morgan fingerprint density at radius 2 is 2.11 bits per heavy atom. The molecule has 0 spiro atoms. The molecular formula is C15H16N2O2. The Hall–Kier alpha value is -2.12. The first-order chi connectivity index (χ1) is 9.11. The first-order valence-corrected chi connectivity index (χ1v) is 6.30. The lowest BCUT2D eigenvalue weighted by atomic mass is 9.80. The van der Waals surface area contributed by atoms with Gasteiger partial charge in [-0.2, -0.15) is 5.26 Å². The van der Waals surface area contributed by atoms with Crippen molar-refractivity contribution >= 4 is 12.0 Å². The third-order valence-electron chi connectivity index (χ3n) is 3.34. The maximum absolute atomic E-state index is 11.6. The van der Waals surface area contributed by atoms with Gasteiger partial charge in [0.25, 0.3) is 0 Å². The van der Waals surface area contributed by atoms with Gasteiger partial charge in [0.05, 0.1) is 17.2 Å². The Balaban J connectivity index is 1.83. The van der Waals surface area contributed by atoms with Crippen LogP contribution in [0, 0.1) is 11.3 Å². The van der Waals surface area contributed by atoms with Gasteiger partial charge in [-0.15, -0.1) is 0 Å². The van der Waals surface area contributed by atoms with Gasteiger partial charge in [-0.1, -0.05) is 12.1 Å². The number of aliphatic hydroxyl groups is 1. The fourth-order valence-corrected chi connectivity index (χ4v) is 1.91. The molecule has 1 aliphatic carbocycles. The third-order valence-corrected chi connectivity index (χ3v) is 3.34. The summed E-state index contributed by atoms with van der Waals surface area (Å²) in [5, 5.41) is 21.2. The summed E-state index contributed by atoms with van der Waals surface area (Å²) in [6.45, 7) is 0.309. The van der Waals surface area contributed by atoms with Crippen molar-refractivity contribution < 1.29 is 9.90 Å². The molecule has 4 nitrogen and oxygen atoms in total. The van der Waals surface area contributed by atoms with E-state index in [1.807, 2.05) is 6.07 Å². The van der Waals surface area contributed by atoms with Crippen LogP contribution in [0.25, 0.3) is 6.08 Å². The molecule has 19 heavy (non-hydrogen) atoms. The lowest BCUT2D eigenvalue weighted by Crippen LogP contribution is -2.47. The largest absolute Gasteiger partial charge is 0.388 e. The van der Waals surface area contributed by atoms with E-state index in [-0.39, 0.29) is 5.91 Å². The van der Waals surface area contributed by atoms with Crippen molar-refractivity contribution in [2.24, 2.45) is 0 Å². The van der Waals surface area contributed by atoms with Crippen LogP contribution in [0.3, 0.4) is 0 Å². The lowest BCUT2D eigenvalue weighted by molar-refractivity contribution is -0.118. The van der Waals surface area contributed by atoms with Crippen molar-refractivity contribution in [2.75, 3.05) is 6.54 Å². The molecule has 0 heterocycles. The smallest absolute Gasteiger partial charge is 0.244 e. The van der Waals surface area contributed by atoms with Gasteiger partial charge in [-0.25, -0.2) is 0 Å². The molecule has 1 aromatic rings. The van der Waals surface area contributed by atoms with Crippen molar-refractivity contribution in [3.8, 4) is 6.07 Å². The van der Waals surface area contributed by atoms with Gasteiger partial charge in [0.2, 0.25) is 5.91 Å². The fourth-order valence-electron chi connectivity index (χ4n) is 1.91. The Morgan fingerprint density at radius 1 is 1.42 bits per heavy atom. The molecule has 0 bridgehead atoms. The molecule has 1 saturated carbocycles. The molecule has 2 rings (SSSR count). The van der Waals surface area contributed by atoms with E-state index in [1.54, 1.807) is 30.3 Å². The predicted molar refractivity (Wildman–Crippen MR) is 72.0 cm³/mol. The number of amides is 1. The highest BCUT2D eigenvalue weighted by Gasteiger charge is 2.34. The van der Waals surface area contributed by atoms with Gasteiger partial charge in [-0.3, -0.25) is 4.79 Å². The monoisotopic (exact) mass is 256 g/mol. The minimum absolute atomic E-state index is 0.218. The lowest BCUT2D eigenvalue weighted by Gasteiger charge is -2.36. The van der Waals surface area contributed by atoms with E-state index in [2.05, 4.69) is 5.32 Å². The third kappa shape index (κ3) is 3.67. The van der Waals surface area contributed by atoms with Gasteiger partial charge in [0, 0.05) is 12.6 Å². The number of hydrogen-bond acceptors (Lipinski definition) is 3. The molecule has 98 valence electrons. The van der Waals surface area contributed by atoms with Gasteiger partial charge >= 0.3 is 0 Å². The fraction of sp³-hybridized carbons (Fsp3) is 0.333. The highest BCUT2D eigenvalue weighted by molar-refractivity contribution is 5.91. The summed E-state index contributed by atoms with van der Waals surface area (Å²) in [7, 11) is 0. The van der Waals surface area contributed by atoms with Crippen LogP contribution in [0.5, 0.6) is 0 Å². The second-order valence-electron chi connectivity index (χ2n) is 4.86. The molecule has 4 heteroatoms. The average Bonchev–Trinajstić information content (AvgIpc) is 2.41. The molecular weight excluding hydrogens is 240 g/mol. The summed E-state index contributed by atoms with van der Waals surface area (Å²) in [4.78, 5) is 11.6. The van der Waals surface area contributed by atoms with Crippen molar-refractivity contribution in [2.45, 2.75) is 24.9 Å². The Morgan fingerprint density at radius 3 is 2.63 bits per heavy atom. The zero-order valence-corrected chi connectivity index (χ0v) is 10.6. The minimum atomic E-state index is -0.696. The maximum atomic E-state index is 11.6. The van der Waals surface area contributed by atoms with E-state index in [0.717, 1.165) is 24.8 Å². The normalized spacial score (nSPS) is 16.6. The topological polar surface area (TPSA) is 73.1 Å². The standard InChI is InChI=1S/C15H16N2O2/c16-10-13-4-2-12(3-5-13)6-7-14(18)17-11-15(19)8-1-9-15/h2-7,19H,1,8-9,11H2,(H,17,18)/b7-6+. The van der Waals surface area contributed by atoms with Crippen molar-refractivity contribution in [3.05, 3.63) is 41.5 Å². The van der Waals surface area contributed by atoms with E-state index >= 15 is 0 Å². The highest BCUT2D eigenvalue weighted by atomic mass is 16.3. The second kappa shape index (κ2) is 5.68. The quantitative estimate of drug-likeness (QED) is 0.804. The molecule has 1 aliphatic rings. The molecule has 0 aliphatic heterocycles. The molecule has 0 unspecified atom stereocenters. The van der Waals surface area contributed by atoms with Gasteiger partial charge in [-0.05, 0) is 43.0 Å². The number of hydrogen-bond donors (Lipinski definition) is 2. The molecule has 0 aromatic heterocycles. The van der Waals surface area contributed by atoms with Crippen LogP contribution in [0.1, 0.15) is 30.4 Å². The Bertz CT molecular complexity index is 522. The Kier molecular flexibility index (Phi) is 3.98. The molecule has 2 N–H and O–H groups in total.